The molecule has 1 atom stereocenters. The van der Waals surface area contributed by atoms with Crippen LogP contribution in [0.3, 0.4) is 0 Å². The standard InChI is InChI=1S/C18H27N3/c1-14(13-21-10-6-7-11-21)19-12-18-15(2)16-8-4-5-9-17(16)20(18)3/h4-5,8-9,14,19H,6-7,10-13H2,1-3H3. The summed E-state index contributed by atoms with van der Waals surface area (Å²) in [6.07, 6.45) is 2.74. The molecule has 0 radical (unpaired) electrons. The summed E-state index contributed by atoms with van der Waals surface area (Å²) in [4.78, 5) is 2.58. The van der Waals surface area contributed by atoms with Gasteiger partial charge in [0.15, 0.2) is 0 Å². The second-order valence-electron chi connectivity index (χ2n) is 6.44. The van der Waals surface area contributed by atoms with E-state index in [0.29, 0.717) is 6.04 Å². The maximum Gasteiger partial charge on any atom is 0.0483 e. The van der Waals surface area contributed by atoms with Gasteiger partial charge in [-0.1, -0.05) is 18.2 Å². The molecule has 1 aliphatic rings. The van der Waals surface area contributed by atoms with E-state index in [0.717, 1.165) is 6.54 Å². The average Bonchev–Trinajstić information content (AvgIpc) is 3.07. The molecule has 0 bridgehead atoms. The highest BCUT2D eigenvalue weighted by molar-refractivity contribution is 5.85. The molecule has 2 heterocycles. The Hall–Kier alpha value is -1.32. The summed E-state index contributed by atoms with van der Waals surface area (Å²) < 4.78 is 2.33. The third-order valence-electron chi connectivity index (χ3n) is 4.86. The molecule has 114 valence electrons. The van der Waals surface area contributed by atoms with E-state index in [1.54, 1.807) is 0 Å². The van der Waals surface area contributed by atoms with Crippen LogP contribution in [0.1, 0.15) is 31.0 Å². The third kappa shape index (κ3) is 2.99. The lowest BCUT2D eigenvalue weighted by Crippen LogP contribution is -2.37. The van der Waals surface area contributed by atoms with Gasteiger partial charge in [-0.2, -0.15) is 0 Å². The summed E-state index contributed by atoms with van der Waals surface area (Å²) in [5, 5.41) is 5.08. The van der Waals surface area contributed by atoms with Gasteiger partial charge in [0.2, 0.25) is 0 Å². The summed E-state index contributed by atoms with van der Waals surface area (Å²) in [5.74, 6) is 0. The minimum absolute atomic E-state index is 0.542. The molecule has 2 aromatic rings. The van der Waals surface area contributed by atoms with Crippen LogP contribution >= 0.6 is 0 Å². The Bertz CT molecular complexity index is 569. The highest BCUT2D eigenvalue weighted by Crippen LogP contribution is 2.24. The first-order chi connectivity index (χ1) is 10.2. The van der Waals surface area contributed by atoms with E-state index in [9.17, 15) is 0 Å². The predicted octanol–water partition coefficient (Wildman–Crippen LogP) is 3.06. The molecule has 1 N–H and O–H groups in total. The number of nitrogens with zero attached hydrogens (tertiary/aromatic N) is 2. The van der Waals surface area contributed by atoms with Crippen LogP contribution in [0.15, 0.2) is 24.3 Å². The Labute approximate surface area is 127 Å². The molecule has 0 aliphatic carbocycles. The van der Waals surface area contributed by atoms with Crippen molar-refractivity contribution in [1.82, 2.24) is 14.8 Å². The Morgan fingerprint density at radius 1 is 1.19 bits per heavy atom. The van der Waals surface area contributed by atoms with Crippen LogP contribution in [0.25, 0.3) is 10.9 Å². The molecule has 0 spiro atoms. The summed E-state index contributed by atoms with van der Waals surface area (Å²) in [7, 11) is 2.18. The van der Waals surface area contributed by atoms with Crippen LogP contribution in [0.2, 0.25) is 0 Å². The second kappa shape index (κ2) is 6.20. The zero-order valence-electron chi connectivity index (χ0n) is 13.5. The minimum atomic E-state index is 0.542. The number of hydrogen-bond acceptors (Lipinski definition) is 2. The fourth-order valence-corrected chi connectivity index (χ4v) is 3.57. The highest BCUT2D eigenvalue weighted by atomic mass is 15.2. The molecule has 0 amide bonds. The molecule has 0 saturated carbocycles. The first kappa shape index (κ1) is 14.6. The van der Waals surface area contributed by atoms with E-state index < -0.39 is 0 Å². The van der Waals surface area contributed by atoms with Crippen LogP contribution in [-0.4, -0.2) is 35.1 Å². The van der Waals surface area contributed by atoms with Gasteiger partial charge in [-0.05, 0) is 51.4 Å². The van der Waals surface area contributed by atoms with Crippen LogP contribution in [0, 0.1) is 6.92 Å². The first-order valence-electron chi connectivity index (χ1n) is 8.15. The predicted molar refractivity (Wildman–Crippen MR) is 89.6 cm³/mol. The number of fused-ring (bicyclic) bond motifs is 1. The van der Waals surface area contributed by atoms with Crippen molar-refractivity contribution in [2.75, 3.05) is 19.6 Å². The Morgan fingerprint density at radius 2 is 1.90 bits per heavy atom. The van der Waals surface area contributed by atoms with Crippen LogP contribution < -0.4 is 5.32 Å². The topological polar surface area (TPSA) is 20.2 Å². The molecule has 1 unspecified atom stereocenters. The molecule has 3 nitrogen and oxygen atoms in total. The van der Waals surface area contributed by atoms with Crippen LogP contribution in [0.5, 0.6) is 0 Å². The third-order valence-corrected chi connectivity index (χ3v) is 4.86. The van der Waals surface area contributed by atoms with Crippen molar-refractivity contribution in [3.8, 4) is 0 Å². The fraction of sp³-hybridized carbons (Fsp3) is 0.556. The number of likely N-dealkylation sites (tertiary alicyclic amines) is 1. The summed E-state index contributed by atoms with van der Waals surface area (Å²) in [6, 6.07) is 9.22. The van der Waals surface area contributed by atoms with Gasteiger partial charge in [0.05, 0.1) is 0 Å². The van der Waals surface area contributed by atoms with Gasteiger partial charge in [-0.3, -0.25) is 0 Å². The Balaban J connectivity index is 1.67. The van der Waals surface area contributed by atoms with Crippen molar-refractivity contribution >= 4 is 10.9 Å². The van der Waals surface area contributed by atoms with E-state index in [1.807, 2.05) is 0 Å². The molecular formula is C18H27N3. The lowest BCUT2D eigenvalue weighted by atomic mass is 10.1. The van der Waals surface area contributed by atoms with Crippen molar-refractivity contribution in [3.05, 3.63) is 35.5 Å². The summed E-state index contributed by atoms with van der Waals surface area (Å²) in [5.41, 5.74) is 4.15. The van der Waals surface area contributed by atoms with E-state index >= 15 is 0 Å². The lowest BCUT2D eigenvalue weighted by molar-refractivity contribution is 0.297. The number of para-hydroxylation sites is 1. The maximum absolute atomic E-state index is 3.71. The average molecular weight is 285 g/mol. The molecule has 1 aromatic heterocycles. The SMILES string of the molecule is Cc1c(CNC(C)CN2CCCC2)n(C)c2ccccc12. The molecule has 3 rings (SSSR count). The van der Waals surface area contributed by atoms with Gasteiger partial charge in [0.1, 0.15) is 0 Å². The molecular weight excluding hydrogens is 258 g/mol. The van der Waals surface area contributed by atoms with Gasteiger partial charge >= 0.3 is 0 Å². The van der Waals surface area contributed by atoms with Gasteiger partial charge in [0, 0.05) is 42.8 Å². The number of aryl methyl sites for hydroxylation is 2. The van der Waals surface area contributed by atoms with Gasteiger partial charge in [0.25, 0.3) is 0 Å². The van der Waals surface area contributed by atoms with Gasteiger partial charge in [-0.25, -0.2) is 0 Å². The van der Waals surface area contributed by atoms with Gasteiger partial charge < -0.3 is 14.8 Å². The maximum atomic E-state index is 3.71. The highest BCUT2D eigenvalue weighted by Gasteiger charge is 2.16. The van der Waals surface area contributed by atoms with E-state index in [2.05, 4.69) is 59.9 Å². The zero-order valence-corrected chi connectivity index (χ0v) is 13.5. The van der Waals surface area contributed by atoms with Crippen molar-refractivity contribution in [1.29, 1.82) is 0 Å². The lowest BCUT2D eigenvalue weighted by Gasteiger charge is -2.21. The number of aromatic nitrogens is 1. The first-order valence-corrected chi connectivity index (χ1v) is 8.15. The Morgan fingerprint density at radius 3 is 2.62 bits per heavy atom. The monoisotopic (exact) mass is 285 g/mol. The van der Waals surface area contributed by atoms with Gasteiger partial charge in [-0.15, -0.1) is 0 Å². The normalized spacial score (nSPS) is 17.7. The Kier molecular flexibility index (Phi) is 4.32. The molecule has 1 saturated heterocycles. The fourth-order valence-electron chi connectivity index (χ4n) is 3.57. The van der Waals surface area contributed by atoms with Crippen molar-refractivity contribution in [3.63, 3.8) is 0 Å². The number of hydrogen-bond donors (Lipinski definition) is 1. The molecule has 21 heavy (non-hydrogen) atoms. The quantitative estimate of drug-likeness (QED) is 0.911. The number of nitrogens with one attached hydrogen (secondary N) is 1. The zero-order chi connectivity index (χ0) is 14.8. The van der Waals surface area contributed by atoms with E-state index in [1.165, 1.54) is 54.6 Å². The summed E-state index contributed by atoms with van der Waals surface area (Å²) >= 11 is 0. The van der Waals surface area contributed by atoms with Crippen molar-refractivity contribution in [2.24, 2.45) is 7.05 Å². The van der Waals surface area contributed by atoms with Crippen LogP contribution in [-0.2, 0) is 13.6 Å². The second-order valence-corrected chi connectivity index (χ2v) is 6.44. The number of rotatable bonds is 5. The van der Waals surface area contributed by atoms with E-state index in [4.69, 9.17) is 0 Å². The largest absolute Gasteiger partial charge is 0.346 e. The smallest absolute Gasteiger partial charge is 0.0483 e. The van der Waals surface area contributed by atoms with Crippen LogP contribution in [0.4, 0.5) is 0 Å². The van der Waals surface area contributed by atoms with E-state index in [-0.39, 0.29) is 0 Å². The molecule has 1 fully saturated rings. The summed E-state index contributed by atoms with van der Waals surface area (Å²) in [6.45, 7) is 9.22. The molecule has 1 aliphatic heterocycles. The molecule has 1 aromatic carbocycles. The van der Waals surface area contributed by atoms with Crippen molar-refractivity contribution < 1.29 is 0 Å². The molecule has 3 heteroatoms. The number of benzene rings is 1. The minimum Gasteiger partial charge on any atom is -0.346 e. The van der Waals surface area contributed by atoms with Crippen molar-refractivity contribution in [2.45, 2.75) is 39.3 Å².